The van der Waals surface area contributed by atoms with Crippen molar-refractivity contribution >= 4 is 28.6 Å². The number of amides is 1. The Morgan fingerprint density at radius 1 is 1.23 bits per heavy atom. The van der Waals surface area contributed by atoms with Crippen LogP contribution in [0, 0.1) is 5.92 Å². The van der Waals surface area contributed by atoms with Gasteiger partial charge in [0.15, 0.2) is 0 Å². The van der Waals surface area contributed by atoms with Gasteiger partial charge in [-0.3, -0.25) is 4.90 Å². The Labute approximate surface area is 208 Å². The summed E-state index contributed by atoms with van der Waals surface area (Å²) < 4.78 is 13.2. The summed E-state index contributed by atoms with van der Waals surface area (Å²) in [6.07, 6.45) is 3.86. The average molecular weight is 494 g/mol. The van der Waals surface area contributed by atoms with Gasteiger partial charge in [-0.2, -0.15) is 0 Å². The number of rotatable bonds is 7. The Morgan fingerprint density at radius 3 is 2.80 bits per heavy atom. The van der Waals surface area contributed by atoms with Crippen LogP contribution in [0.3, 0.4) is 0 Å². The van der Waals surface area contributed by atoms with Gasteiger partial charge in [0.05, 0.1) is 19.3 Å². The van der Waals surface area contributed by atoms with Gasteiger partial charge in [0, 0.05) is 34.4 Å². The predicted octanol–water partition coefficient (Wildman–Crippen LogP) is 5.23. The Balaban J connectivity index is 1.43. The van der Waals surface area contributed by atoms with Crippen LogP contribution in [-0.2, 0) is 17.7 Å². The fourth-order valence-corrected chi connectivity index (χ4v) is 4.65. The van der Waals surface area contributed by atoms with Crippen molar-refractivity contribution in [3.63, 3.8) is 0 Å². The second-order valence-electron chi connectivity index (χ2n) is 9.11. The zero-order chi connectivity index (χ0) is 24.4. The summed E-state index contributed by atoms with van der Waals surface area (Å²) in [7, 11) is 0. The van der Waals surface area contributed by atoms with Crippen molar-refractivity contribution in [3.05, 3.63) is 76.7 Å². The molecule has 0 saturated carbocycles. The lowest BCUT2D eigenvalue weighted by Crippen LogP contribution is -2.41. The summed E-state index contributed by atoms with van der Waals surface area (Å²) in [5.41, 5.74) is 4.17. The molecule has 0 spiro atoms. The lowest BCUT2D eigenvalue weighted by atomic mass is 9.92. The summed E-state index contributed by atoms with van der Waals surface area (Å²) in [6.45, 7) is 6.09. The normalized spacial score (nSPS) is 15.4. The van der Waals surface area contributed by atoms with E-state index in [1.54, 1.807) is 17.1 Å². The molecule has 2 aromatic heterocycles. The van der Waals surface area contributed by atoms with Crippen LogP contribution >= 0.6 is 11.6 Å². The zero-order valence-corrected chi connectivity index (χ0v) is 20.5. The topological polar surface area (TPSA) is 85.3 Å². The predicted molar refractivity (Wildman–Crippen MR) is 134 cm³/mol. The van der Waals surface area contributed by atoms with Gasteiger partial charge < -0.3 is 14.5 Å². The van der Waals surface area contributed by atoms with Gasteiger partial charge >= 0.3 is 6.09 Å². The first-order valence-electron chi connectivity index (χ1n) is 11.8. The Kier molecular flexibility index (Phi) is 6.63. The number of halogens is 1. The Bertz CT molecular complexity index is 1300. The number of aromatic nitrogens is 4. The number of hydrogen-bond acceptors (Lipinski definition) is 5. The molecule has 0 radical (unpaired) electrons. The van der Waals surface area contributed by atoms with E-state index in [0.717, 1.165) is 34.3 Å². The van der Waals surface area contributed by atoms with Gasteiger partial charge in [-0.05, 0) is 53.8 Å². The Hall–Kier alpha value is -3.52. The molecule has 35 heavy (non-hydrogen) atoms. The lowest BCUT2D eigenvalue weighted by molar-refractivity contribution is 0.0797. The molecule has 182 valence electrons. The van der Waals surface area contributed by atoms with Gasteiger partial charge in [0.2, 0.25) is 0 Å². The highest BCUT2D eigenvalue weighted by Gasteiger charge is 2.35. The molecule has 1 unspecified atom stereocenters. The monoisotopic (exact) mass is 493 g/mol. The summed E-state index contributed by atoms with van der Waals surface area (Å²) in [4.78, 5) is 18.5. The maximum absolute atomic E-state index is 13.1. The minimum Gasteiger partial charge on any atom is -0.492 e. The van der Waals surface area contributed by atoms with Crippen LogP contribution in [0.1, 0.15) is 36.7 Å². The molecule has 0 aliphatic carbocycles. The number of carbonyl (C=O) groups excluding carboxylic acids is 1. The second-order valence-corrected chi connectivity index (χ2v) is 9.54. The third-order valence-electron chi connectivity index (χ3n) is 6.12. The van der Waals surface area contributed by atoms with Crippen LogP contribution in [0.5, 0.6) is 5.75 Å². The molecule has 0 saturated heterocycles. The molecule has 9 heteroatoms. The first-order chi connectivity index (χ1) is 17.0. The number of nitrogens with one attached hydrogen (secondary N) is 1. The molecule has 0 fully saturated rings. The van der Waals surface area contributed by atoms with Crippen LogP contribution in [-0.4, -0.2) is 50.7 Å². The number of benzene rings is 2. The number of ether oxygens (including phenoxy) is 2. The van der Waals surface area contributed by atoms with E-state index >= 15 is 0 Å². The van der Waals surface area contributed by atoms with Crippen molar-refractivity contribution in [1.82, 2.24) is 24.9 Å². The number of fused-ring (bicyclic) bond motifs is 3. The molecule has 1 aliphatic heterocycles. The first-order valence-corrected chi connectivity index (χ1v) is 12.2. The fourth-order valence-electron chi connectivity index (χ4n) is 4.48. The molecule has 1 amide bonds. The number of hydrogen-bond donors (Lipinski definition) is 1. The van der Waals surface area contributed by atoms with E-state index in [-0.39, 0.29) is 18.1 Å². The molecule has 3 heterocycles. The average Bonchev–Trinajstić information content (AvgIpc) is 3.50. The van der Waals surface area contributed by atoms with Crippen molar-refractivity contribution in [2.45, 2.75) is 32.9 Å². The maximum atomic E-state index is 13.1. The lowest BCUT2D eigenvalue weighted by Gasteiger charge is -2.35. The van der Waals surface area contributed by atoms with E-state index in [9.17, 15) is 4.79 Å². The van der Waals surface area contributed by atoms with Gasteiger partial charge in [-0.15, -0.1) is 5.10 Å². The highest BCUT2D eigenvalue weighted by molar-refractivity contribution is 6.31. The molecule has 8 nitrogen and oxygen atoms in total. The van der Waals surface area contributed by atoms with Crippen LogP contribution in [0.4, 0.5) is 4.79 Å². The van der Waals surface area contributed by atoms with Gasteiger partial charge in [0.1, 0.15) is 18.4 Å². The standard InChI is InChI=1S/C26H28ClN5O3/c1-17(2)16-35-26(33)32-11-9-21-22-15-19(27)5-8-23(22)29-24(21)25(32)18-3-6-20(7-4-18)34-14-13-31-12-10-28-30-31/h3-8,10,12,15,17,25,29H,9,11,13-14,16H2,1-2H3. The zero-order valence-electron chi connectivity index (χ0n) is 19.8. The van der Waals surface area contributed by atoms with Crippen molar-refractivity contribution in [2.75, 3.05) is 19.8 Å². The SMILES string of the molecule is CC(C)COC(=O)N1CCc2c([nH]c3ccc(Cl)cc23)C1c1ccc(OCCn2ccnn2)cc1. The van der Waals surface area contributed by atoms with E-state index in [1.807, 2.05) is 61.2 Å². The molecule has 1 atom stereocenters. The summed E-state index contributed by atoms with van der Waals surface area (Å²) >= 11 is 6.29. The number of H-pyrrole nitrogens is 1. The Morgan fingerprint density at radius 2 is 2.06 bits per heavy atom. The smallest absolute Gasteiger partial charge is 0.410 e. The van der Waals surface area contributed by atoms with E-state index in [4.69, 9.17) is 21.1 Å². The van der Waals surface area contributed by atoms with Crippen molar-refractivity contribution < 1.29 is 14.3 Å². The van der Waals surface area contributed by atoms with Gasteiger partial charge in [-0.1, -0.05) is 42.8 Å². The first kappa shape index (κ1) is 23.2. The molecule has 2 aromatic carbocycles. The van der Waals surface area contributed by atoms with Crippen LogP contribution < -0.4 is 4.74 Å². The molecule has 5 rings (SSSR count). The quantitative estimate of drug-likeness (QED) is 0.381. The number of nitrogens with zero attached hydrogens (tertiary/aromatic N) is 4. The third-order valence-corrected chi connectivity index (χ3v) is 6.36. The van der Waals surface area contributed by atoms with E-state index in [2.05, 4.69) is 15.3 Å². The van der Waals surface area contributed by atoms with E-state index in [1.165, 1.54) is 5.56 Å². The third kappa shape index (κ3) is 4.98. The molecule has 1 N–H and O–H groups in total. The maximum Gasteiger partial charge on any atom is 0.410 e. The van der Waals surface area contributed by atoms with Crippen LogP contribution in [0.25, 0.3) is 10.9 Å². The molecule has 0 bridgehead atoms. The van der Waals surface area contributed by atoms with Crippen LogP contribution in [0.15, 0.2) is 54.9 Å². The highest BCUT2D eigenvalue weighted by Crippen LogP contribution is 2.39. The largest absolute Gasteiger partial charge is 0.492 e. The van der Waals surface area contributed by atoms with Gasteiger partial charge in [0.25, 0.3) is 0 Å². The number of carbonyl (C=O) groups is 1. The number of aromatic amines is 1. The fraction of sp³-hybridized carbons (Fsp3) is 0.346. The molecular weight excluding hydrogens is 466 g/mol. The molecule has 1 aliphatic rings. The van der Waals surface area contributed by atoms with Crippen molar-refractivity contribution in [2.24, 2.45) is 5.92 Å². The van der Waals surface area contributed by atoms with Crippen molar-refractivity contribution in [1.29, 1.82) is 0 Å². The van der Waals surface area contributed by atoms with Crippen molar-refractivity contribution in [3.8, 4) is 5.75 Å². The summed E-state index contributed by atoms with van der Waals surface area (Å²) in [5, 5.41) is 9.54. The minimum absolute atomic E-state index is 0.266. The molecule has 4 aromatic rings. The molecular formula is C26H28ClN5O3. The van der Waals surface area contributed by atoms with E-state index < -0.39 is 0 Å². The van der Waals surface area contributed by atoms with Gasteiger partial charge in [-0.25, -0.2) is 9.48 Å². The second kappa shape index (κ2) is 10.00. The summed E-state index contributed by atoms with van der Waals surface area (Å²) in [6, 6.07) is 13.4. The van der Waals surface area contributed by atoms with E-state index in [0.29, 0.717) is 31.3 Å². The summed E-state index contributed by atoms with van der Waals surface area (Å²) in [5.74, 6) is 1.02. The minimum atomic E-state index is -0.306. The van der Waals surface area contributed by atoms with Crippen LogP contribution in [0.2, 0.25) is 5.02 Å². The highest BCUT2D eigenvalue weighted by atomic mass is 35.5.